The Balaban J connectivity index is 0.000000810. The molecule has 10 heavy (non-hydrogen) atoms. The third-order valence-corrected chi connectivity index (χ3v) is 1.75. The summed E-state index contributed by atoms with van der Waals surface area (Å²) >= 11 is 6.26. The minimum Gasteiger partial charge on any atom is -0.542 e. The number of hydrogen-bond donors (Lipinski definition) is 0. The number of carboxylic acid groups (broad SMARTS) is 1. The number of carbonyl (C=O) groups is 1. The van der Waals surface area contributed by atoms with Gasteiger partial charge in [0.1, 0.15) is 15.3 Å². The van der Waals surface area contributed by atoms with Crippen LogP contribution in [0.4, 0.5) is 0 Å². The molecule has 0 atom stereocenters. The van der Waals surface area contributed by atoms with E-state index in [1.165, 1.54) is 6.20 Å². The van der Waals surface area contributed by atoms with Gasteiger partial charge in [-0.2, -0.15) is 0 Å². The molecule has 1 aromatic rings. The maximum absolute atomic E-state index is 9.99. The predicted octanol–water partition coefficient (Wildman–Crippen LogP) is -2.84. The van der Waals surface area contributed by atoms with Crippen molar-refractivity contribution in [3.8, 4) is 0 Å². The molecule has 0 fully saturated rings. The molecule has 0 radical (unpaired) electrons. The largest absolute Gasteiger partial charge is 1.00 e. The molecule has 1 aromatic heterocycles. The van der Waals surface area contributed by atoms with Crippen LogP contribution in [0.5, 0.6) is 0 Å². The van der Waals surface area contributed by atoms with Gasteiger partial charge in [0.05, 0.1) is 6.20 Å². The van der Waals surface area contributed by atoms with E-state index in [0.29, 0.717) is 4.34 Å². The number of halogens is 1. The van der Waals surface area contributed by atoms with E-state index in [0.717, 1.165) is 11.3 Å². The Morgan fingerprint density at radius 3 is 2.60 bits per heavy atom. The molecule has 0 bridgehead atoms. The van der Waals surface area contributed by atoms with E-state index in [-0.39, 0.29) is 56.4 Å². The van der Waals surface area contributed by atoms with Gasteiger partial charge >= 0.3 is 51.4 Å². The Morgan fingerprint density at radius 2 is 2.40 bits per heavy atom. The van der Waals surface area contributed by atoms with E-state index in [1.54, 1.807) is 0 Å². The van der Waals surface area contributed by atoms with Gasteiger partial charge in [-0.3, -0.25) is 0 Å². The molecule has 0 aromatic carbocycles. The van der Waals surface area contributed by atoms with Crippen molar-refractivity contribution in [2.45, 2.75) is 0 Å². The van der Waals surface area contributed by atoms with Gasteiger partial charge in [-0.1, -0.05) is 11.6 Å². The molecule has 0 N–H and O–H groups in total. The summed E-state index contributed by atoms with van der Waals surface area (Å²) in [6.07, 6.45) is 1.28. The fourth-order valence-corrected chi connectivity index (χ4v) is 1.10. The number of rotatable bonds is 1. The van der Waals surface area contributed by atoms with Gasteiger partial charge in [0.25, 0.3) is 0 Å². The van der Waals surface area contributed by atoms with E-state index in [1.807, 2.05) is 0 Å². The maximum Gasteiger partial charge on any atom is 1.00 e. The van der Waals surface area contributed by atoms with Crippen LogP contribution < -0.4 is 56.5 Å². The predicted molar refractivity (Wildman–Crippen MR) is 31.5 cm³/mol. The van der Waals surface area contributed by atoms with E-state index in [2.05, 4.69) is 4.98 Å². The number of aromatic carboxylic acids is 1. The SMILES string of the molecule is O=C([O-])c1ncc(Cl)s1.[K+]. The van der Waals surface area contributed by atoms with Gasteiger partial charge in [-0.25, -0.2) is 4.98 Å². The summed E-state index contributed by atoms with van der Waals surface area (Å²) in [7, 11) is 0. The van der Waals surface area contributed by atoms with Gasteiger partial charge in [-0.15, -0.1) is 11.3 Å². The van der Waals surface area contributed by atoms with Crippen LogP contribution in [-0.4, -0.2) is 11.0 Å². The molecule has 1 rings (SSSR count). The van der Waals surface area contributed by atoms with Crippen molar-refractivity contribution in [1.29, 1.82) is 0 Å². The van der Waals surface area contributed by atoms with E-state index < -0.39 is 5.97 Å². The molecule has 1 heterocycles. The van der Waals surface area contributed by atoms with E-state index >= 15 is 0 Å². The van der Waals surface area contributed by atoms with Gasteiger partial charge in [0.15, 0.2) is 0 Å². The average molecular weight is 202 g/mol. The summed E-state index contributed by atoms with van der Waals surface area (Å²) in [5, 5.41) is 9.91. The fraction of sp³-hybridized carbons (Fsp3) is 0. The number of carboxylic acids is 1. The Labute approximate surface area is 109 Å². The summed E-state index contributed by atoms with van der Waals surface area (Å²) < 4.78 is 0.356. The number of hydrogen-bond acceptors (Lipinski definition) is 4. The molecule has 0 saturated carbocycles. The second-order valence-corrected chi connectivity index (χ2v) is 2.92. The van der Waals surface area contributed by atoms with Crippen molar-refractivity contribution < 1.29 is 61.3 Å². The van der Waals surface area contributed by atoms with Crippen LogP contribution in [0, 0.1) is 0 Å². The Morgan fingerprint density at radius 1 is 1.80 bits per heavy atom. The summed E-state index contributed by atoms with van der Waals surface area (Å²) in [4.78, 5) is 13.4. The second kappa shape index (κ2) is 4.81. The van der Waals surface area contributed by atoms with E-state index in [9.17, 15) is 9.90 Å². The molecule has 48 valence electrons. The Kier molecular flexibility index (Phi) is 5.31. The molecule has 0 aliphatic carbocycles. The molecule has 0 unspecified atom stereocenters. The van der Waals surface area contributed by atoms with Gasteiger partial charge < -0.3 is 9.90 Å². The standard InChI is InChI=1S/C4H2ClNO2S.K/c5-2-1-6-3(9-2)4(7)8;/h1H,(H,7,8);/q;+1/p-1. The minimum atomic E-state index is -1.29. The maximum atomic E-state index is 9.99. The van der Waals surface area contributed by atoms with Crippen molar-refractivity contribution in [1.82, 2.24) is 4.98 Å². The Hall–Kier alpha value is 1.03. The first-order valence-corrected chi connectivity index (χ1v) is 3.22. The quantitative estimate of drug-likeness (QED) is 0.460. The van der Waals surface area contributed by atoms with Gasteiger partial charge in [-0.05, 0) is 0 Å². The van der Waals surface area contributed by atoms with Crippen molar-refractivity contribution >= 4 is 28.9 Å². The zero-order valence-corrected chi connectivity index (χ0v) is 9.82. The molecular formula is C4HClKNO2S. The van der Waals surface area contributed by atoms with E-state index in [4.69, 9.17) is 11.6 Å². The van der Waals surface area contributed by atoms with Crippen molar-refractivity contribution in [2.24, 2.45) is 0 Å². The summed E-state index contributed by atoms with van der Waals surface area (Å²) in [6.45, 7) is 0. The van der Waals surface area contributed by atoms with Crippen molar-refractivity contribution in [3.05, 3.63) is 15.5 Å². The number of thiazole rings is 1. The third kappa shape index (κ3) is 2.96. The topological polar surface area (TPSA) is 53.0 Å². The van der Waals surface area contributed by atoms with Crippen molar-refractivity contribution in [2.75, 3.05) is 0 Å². The van der Waals surface area contributed by atoms with Crippen LogP contribution in [0.25, 0.3) is 0 Å². The fourth-order valence-electron chi connectivity index (χ4n) is 0.349. The summed E-state index contributed by atoms with van der Waals surface area (Å²) in [6, 6.07) is 0. The minimum absolute atomic E-state index is 0. The van der Waals surface area contributed by atoms with Gasteiger partial charge in [0.2, 0.25) is 0 Å². The van der Waals surface area contributed by atoms with Crippen LogP contribution in [0.3, 0.4) is 0 Å². The van der Waals surface area contributed by atoms with Crippen LogP contribution >= 0.6 is 22.9 Å². The van der Waals surface area contributed by atoms with Crippen LogP contribution in [0.15, 0.2) is 6.20 Å². The number of carbonyl (C=O) groups excluding carboxylic acids is 1. The first kappa shape index (κ1) is 11.0. The zero-order chi connectivity index (χ0) is 6.85. The zero-order valence-electron chi connectivity index (χ0n) is 5.13. The normalized spacial score (nSPS) is 8.50. The van der Waals surface area contributed by atoms with Crippen LogP contribution in [-0.2, 0) is 0 Å². The average Bonchev–Trinajstić information content (AvgIpc) is 2.14. The summed E-state index contributed by atoms with van der Waals surface area (Å²) in [5.74, 6) is -1.29. The monoisotopic (exact) mass is 201 g/mol. The molecule has 0 aliphatic heterocycles. The molecule has 0 saturated heterocycles. The molecule has 3 nitrogen and oxygen atoms in total. The summed E-state index contributed by atoms with van der Waals surface area (Å²) in [5.41, 5.74) is 0. The second-order valence-electron chi connectivity index (χ2n) is 1.26. The molecule has 6 heteroatoms. The first-order valence-electron chi connectivity index (χ1n) is 2.03. The molecular weight excluding hydrogens is 201 g/mol. The molecule has 0 amide bonds. The number of nitrogens with zero attached hydrogens (tertiary/aromatic N) is 1. The third-order valence-electron chi connectivity index (χ3n) is 0.652. The first-order chi connectivity index (χ1) is 4.20. The number of aromatic nitrogens is 1. The van der Waals surface area contributed by atoms with Crippen molar-refractivity contribution in [3.63, 3.8) is 0 Å². The van der Waals surface area contributed by atoms with Gasteiger partial charge in [0, 0.05) is 0 Å². The smallest absolute Gasteiger partial charge is 0.542 e. The van der Waals surface area contributed by atoms with Crippen LogP contribution in [0.1, 0.15) is 9.80 Å². The Bertz CT molecular complexity index is 239. The molecule has 0 spiro atoms. The molecule has 0 aliphatic rings. The van der Waals surface area contributed by atoms with Crippen LogP contribution in [0.2, 0.25) is 4.34 Å².